The van der Waals surface area contributed by atoms with Gasteiger partial charge in [-0.2, -0.15) is 0 Å². The van der Waals surface area contributed by atoms with Gasteiger partial charge >= 0.3 is 0 Å². The smallest absolute Gasteiger partial charge is 0.291 e. The van der Waals surface area contributed by atoms with Gasteiger partial charge in [0.1, 0.15) is 5.82 Å². The van der Waals surface area contributed by atoms with Crippen molar-refractivity contribution >= 4 is 15.9 Å². The Bertz CT molecular complexity index is 602. The van der Waals surface area contributed by atoms with Crippen molar-refractivity contribution in [2.24, 2.45) is 0 Å². The molecule has 9 heteroatoms. The molecular formula is C12H21N5O3S. The molecule has 1 amide bonds. The van der Waals surface area contributed by atoms with Crippen molar-refractivity contribution in [1.29, 1.82) is 0 Å². The number of rotatable bonds is 4. The summed E-state index contributed by atoms with van der Waals surface area (Å²) in [6.45, 7) is 4.77. The van der Waals surface area contributed by atoms with E-state index in [4.69, 9.17) is 0 Å². The van der Waals surface area contributed by atoms with Crippen molar-refractivity contribution in [3.8, 4) is 0 Å². The maximum absolute atomic E-state index is 12.0. The van der Waals surface area contributed by atoms with Crippen LogP contribution in [0.25, 0.3) is 0 Å². The number of carbonyl (C=O) groups excluding carboxylic acids is 1. The summed E-state index contributed by atoms with van der Waals surface area (Å²) in [6.07, 6.45) is 2.40. The van der Waals surface area contributed by atoms with Crippen LogP contribution < -0.4 is 5.32 Å². The van der Waals surface area contributed by atoms with Crippen molar-refractivity contribution < 1.29 is 13.2 Å². The number of H-pyrrole nitrogens is 1. The zero-order chi connectivity index (χ0) is 15.6. The van der Waals surface area contributed by atoms with Crippen LogP contribution in [-0.4, -0.2) is 59.2 Å². The Morgan fingerprint density at radius 1 is 1.38 bits per heavy atom. The molecule has 1 aliphatic heterocycles. The molecule has 1 saturated heterocycles. The maximum Gasteiger partial charge on any atom is 0.291 e. The fourth-order valence-electron chi connectivity index (χ4n) is 2.22. The van der Waals surface area contributed by atoms with Gasteiger partial charge in [0.15, 0.2) is 0 Å². The topological polar surface area (TPSA) is 108 Å². The van der Waals surface area contributed by atoms with Crippen LogP contribution in [0.3, 0.4) is 0 Å². The lowest BCUT2D eigenvalue weighted by Gasteiger charge is -2.30. The van der Waals surface area contributed by atoms with Gasteiger partial charge in [-0.3, -0.25) is 9.89 Å². The number of hydrogen-bond donors (Lipinski definition) is 2. The summed E-state index contributed by atoms with van der Waals surface area (Å²) in [5, 5.41) is 9.50. The van der Waals surface area contributed by atoms with Gasteiger partial charge in [0, 0.05) is 25.0 Å². The van der Waals surface area contributed by atoms with E-state index in [-0.39, 0.29) is 23.7 Å². The Morgan fingerprint density at radius 3 is 2.48 bits per heavy atom. The largest absolute Gasteiger partial charge is 0.346 e. The predicted octanol–water partition coefficient (Wildman–Crippen LogP) is 0.0819. The Labute approximate surface area is 124 Å². The van der Waals surface area contributed by atoms with E-state index in [1.165, 1.54) is 10.6 Å². The lowest BCUT2D eigenvalue weighted by Crippen LogP contribution is -2.46. The van der Waals surface area contributed by atoms with Gasteiger partial charge in [0.05, 0.1) is 6.26 Å². The van der Waals surface area contributed by atoms with Gasteiger partial charge in [-0.05, 0) is 12.8 Å². The highest BCUT2D eigenvalue weighted by Gasteiger charge is 2.26. The number of aromatic nitrogens is 3. The molecule has 0 atom stereocenters. The van der Waals surface area contributed by atoms with Crippen molar-refractivity contribution in [2.45, 2.75) is 38.6 Å². The average molecular weight is 315 g/mol. The van der Waals surface area contributed by atoms with Crippen LogP contribution in [0.1, 0.15) is 49.1 Å². The van der Waals surface area contributed by atoms with Crippen LogP contribution in [0, 0.1) is 0 Å². The summed E-state index contributed by atoms with van der Waals surface area (Å²) >= 11 is 0. The van der Waals surface area contributed by atoms with E-state index in [0.29, 0.717) is 31.8 Å². The number of sulfonamides is 1. The van der Waals surface area contributed by atoms with E-state index in [2.05, 4.69) is 20.5 Å². The first-order chi connectivity index (χ1) is 9.77. The molecule has 8 nitrogen and oxygen atoms in total. The van der Waals surface area contributed by atoms with Crippen molar-refractivity contribution in [1.82, 2.24) is 24.8 Å². The first kappa shape index (κ1) is 15.9. The van der Waals surface area contributed by atoms with Crippen LogP contribution >= 0.6 is 0 Å². The second-order valence-electron chi connectivity index (χ2n) is 5.61. The van der Waals surface area contributed by atoms with Crippen molar-refractivity contribution in [3.05, 3.63) is 11.6 Å². The molecule has 0 bridgehead atoms. The summed E-state index contributed by atoms with van der Waals surface area (Å²) in [7, 11) is -3.15. The van der Waals surface area contributed by atoms with E-state index in [9.17, 15) is 13.2 Å². The predicted molar refractivity (Wildman–Crippen MR) is 77.4 cm³/mol. The van der Waals surface area contributed by atoms with Crippen molar-refractivity contribution in [3.63, 3.8) is 0 Å². The molecule has 0 unspecified atom stereocenters. The molecule has 0 saturated carbocycles. The molecule has 2 heterocycles. The molecule has 2 N–H and O–H groups in total. The minimum Gasteiger partial charge on any atom is -0.346 e. The summed E-state index contributed by atoms with van der Waals surface area (Å²) in [6, 6.07) is -0.0449. The highest BCUT2D eigenvalue weighted by Crippen LogP contribution is 2.14. The number of nitrogens with one attached hydrogen (secondary N) is 2. The molecule has 1 aromatic rings. The normalized spacial score (nSPS) is 18.1. The van der Waals surface area contributed by atoms with Crippen LogP contribution in [0.15, 0.2) is 0 Å². The average Bonchev–Trinajstić information content (AvgIpc) is 2.88. The van der Waals surface area contributed by atoms with Gasteiger partial charge in [-0.25, -0.2) is 17.7 Å². The summed E-state index contributed by atoms with van der Waals surface area (Å²) in [5.74, 6) is 0.657. The Hall–Kier alpha value is -1.48. The second-order valence-corrected chi connectivity index (χ2v) is 7.59. The van der Waals surface area contributed by atoms with Crippen LogP contribution in [0.4, 0.5) is 0 Å². The molecule has 2 rings (SSSR count). The number of carbonyl (C=O) groups is 1. The van der Waals surface area contributed by atoms with E-state index in [1.807, 2.05) is 13.8 Å². The quantitative estimate of drug-likeness (QED) is 0.818. The van der Waals surface area contributed by atoms with Gasteiger partial charge in [0.2, 0.25) is 15.8 Å². The summed E-state index contributed by atoms with van der Waals surface area (Å²) < 4.78 is 24.3. The highest BCUT2D eigenvalue weighted by molar-refractivity contribution is 7.88. The number of amides is 1. The monoisotopic (exact) mass is 315 g/mol. The molecule has 1 fully saturated rings. The first-order valence-corrected chi connectivity index (χ1v) is 8.80. The van der Waals surface area contributed by atoms with Gasteiger partial charge in [-0.15, -0.1) is 5.10 Å². The van der Waals surface area contributed by atoms with Crippen LogP contribution in [0.2, 0.25) is 0 Å². The maximum atomic E-state index is 12.0. The van der Waals surface area contributed by atoms with E-state index in [0.717, 1.165) is 0 Å². The summed E-state index contributed by atoms with van der Waals surface area (Å²) in [4.78, 5) is 16.2. The number of hydrogen-bond acceptors (Lipinski definition) is 5. The minimum atomic E-state index is -3.15. The molecule has 118 valence electrons. The Balaban J connectivity index is 1.89. The molecule has 1 aliphatic rings. The molecule has 0 aromatic carbocycles. The number of piperidine rings is 1. The van der Waals surface area contributed by atoms with Gasteiger partial charge < -0.3 is 5.32 Å². The van der Waals surface area contributed by atoms with E-state index in [1.54, 1.807) is 0 Å². The molecule has 1 aromatic heterocycles. The fraction of sp³-hybridized carbons (Fsp3) is 0.750. The van der Waals surface area contributed by atoms with E-state index >= 15 is 0 Å². The number of nitrogens with zero attached hydrogens (tertiary/aromatic N) is 3. The molecule has 0 aliphatic carbocycles. The molecular weight excluding hydrogens is 294 g/mol. The third-order valence-electron chi connectivity index (χ3n) is 3.51. The zero-order valence-electron chi connectivity index (χ0n) is 12.5. The highest BCUT2D eigenvalue weighted by atomic mass is 32.2. The molecule has 0 radical (unpaired) electrons. The zero-order valence-corrected chi connectivity index (χ0v) is 13.3. The van der Waals surface area contributed by atoms with Crippen LogP contribution in [-0.2, 0) is 10.0 Å². The Kier molecular flexibility index (Phi) is 4.62. The van der Waals surface area contributed by atoms with Crippen LogP contribution in [0.5, 0.6) is 0 Å². The first-order valence-electron chi connectivity index (χ1n) is 6.95. The third kappa shape index (κ3) is 4.01. The van der Waals surface area contributed by atoms with Gasteiger partial charge in [-0.1, -0.05) is 13.8 Å². The summed E-state index contributed by atoms with van der Waals surface area (Å²) in [5.41, 5.74) is 0. The van der Waals surface area contributed by atoms with E-state index < -0.39 is 10.0 Å². The van der Waals surface area contributed by atoms with Crippen molar-refractivity contribution in [2.75, 3.05) is 19.3 Å². The third-order valence-corrected chi connectivity index (χ3v) is 4.81. The lowest BCUT2D eigenvalue weighted by atomic mass is 10.1. The second kappa shape index (κ2) is 6.10. The SMILES string of the molecule is CC(C)c1nc(C(=O)NC2CCN(S(C)(=O)=O)CC2)n[nH]1. The molecule has 21 heavy (non-hydrogen) atoms. The molecule has 0 spiro atoms. The minimum absolute atomic E-state index is 0.0449. The Morgan fingerprint density at radius 2 is 2.00 bits per heavy atom. The lowest BCUT2D eigenvalue weighted by molar-refractivity contribution is 0.0913. The standard InChI is InChI=1S/C12H21N5O3S/c1-8(2)10-14-11(16-15-10)12(18)13-9-4-6-17(7-5-9)21(3,19)20/h8-9H,4-7H2,1-3H3,(H,13,18)(H,14,15,16). The number of aromatic amines is 1. The van der Waals surface area contributed by atoms with Gasteiger partial charge in [0.25, 0.3) is 5.91 Å². The fourth-order valence-corrected chi connectivity index (χ4v) is 3.09.